The molecule has 1 rings (SSSR count). The van der Waals surface area contributed by atoms with Gasteiger partial charge in [-0.15, -0.1) is 0 Å². The molecule has 0 spiro atoms. The van der Waals surface area contributed by atoms with E-state index in [1.807, 2.05) is 0 Å². The van der Waals surface area contributed by atoms with E-state index in [-0.39, 0.29) is 10.8 Å². The highest BCUT2D eigenvalue weighted by atomic mass is 35.5. The van der Waals surface area contributed by atoms with Gasteiger partial charge >= 0.3 is 5.97 Å². The lowest BCUT2D eigenvalue weighted by Gasteiger charge is -2.01. The molecule has 15 heavy (non-hydrogen) atoms. The molecule has 0 aromatic heterocycles. The van der Waals surface area contributed by atoms with E-state index in [4.69, 9.17) is 16.7 Å². The maximum Gasteiger partial charge on any atom is 0.316 e. The molecule has 3 nitrogen and oxygen atoms in total. The van der Waals surface area contributed by atoms with Gasteiger partial charge in [0.05, 0.1) is 5.02 Å². The molecule has 1 aromatic rings. The smallest absolute Gasteiger partial charge is 0.316 e. The van der Waals surface area contributed by atoms with Crippen LogP contribution in [-0.4, -0.2) is 21.0 Å². The van der Waals surface area contributed by atoms with Crippen molar-refractivity contribution in [1.82, 2.24) is 0 Å². The zero-order chi connectivity index (χ0) is 11.4. The van der Waals surface area contributed by atoms with Gasteiger partial charge in [0.2, 0.25) is 0 Å². The van der Waals surface area contributed by atoms with Crippen molar-refractivity contribution in [3.63, 3.8) is 0 Å². The lowest BCUT2D eigenvalue weighted by molar-refractivity contribution is -0.133. The maximum atomic E-state index is 12.7. The molecule has 0 radical (unpaired) electrons. The van der Waals surface area contributed by atoms with Crippen LogP contribution in [0, 0.1) is 5.82 Å². The minimum atomic E-state index is -1.50. The molecule has 0 saturated carbocycles. The van der Waals surface area contributed by atoms with Gasteiger partial charge in [-0.05, 0) is 17.7 Å². The summed E-state index contributed by atoms with van der Waals surface area (Å²) < 4.78 is 24.0. The first-order chi connectivity index (χ1) is 6.99. The van der Waals surface area contributed by atoms with Crippen LogP contribution in [0.15, 0.2) is 18.2 Å². The minimum Gasteiger partial charge on any atom is -0.481 e. The largest absolute Gasteiger partial charge is 0.481 e. The Kier molecular flexibility index (Phi) is 4.23. The van der Waals surface area contributed by atoms with Gasteiger partial charge in [0.15, 0.2) is 0 Å². The topological polar surface area (TPSA) is 54.4 Å². The van der Waals surface area contributed by atoms with E-state index in [1.165, 1.54) is 12.1 Å². The second kappa shape index (κ2) is 5.23. The first-order valence-electron chi connectivity index (χ1n) is 3.99. The summed E-state index contributed by atoms with van der Waals surface area (Å²) in [5.41, 5.74) is 0.556. The number of rotatable bonds is 4. The number of carboxylic acid groups (broad SMARTS) is 1. The van der Waals surface area contributed by atoms with Crippen LogP contribution >= 0.6 is 11.6 Å². The van der Waals surface area contributed by atoms with Gasteiger partial charge in [0.25, 0.3) is 0 Å². The third-order valence-electron chi connectivity index (χ3n) is 1.60. The van der Waals surface area contributed by atoms with Crippen molar-refractivity contribution in [2.75, 3.05) is 5.75 Å². The fourth-order valence-electron chi connectivity index (χ4n) is 1.00. The highest BCUT2D eigenvalue weighted by Crippen LogP contribution is 2.16. The van der Waals surface area contributed by atoms with Crippen molar-refractivity contribution in [2.24, 2.45) is 0 Å². The van der Waals surface area contributed by atoms with Crippen LogP contribution in [0.25, 0.3) is 0 Å². The van der Waals surface area contributed by atoms with Crippen molar-refractivity contribution < 1.29 is 18.5 Å². The van der Waals surface area contributed by atoms with Crippen LogP contribution in [0.1, 0.15) is 5.56 Å². The van der Waals surface area contributed by atoms with E-state index in [1.54, 1.807) is 0 Å². The Balaban J connectivity index is 2.69. The highest BCUT2D eigenvalue weighted by molar-refractivity contribution is 7.84. The summed E-state index contributed by atoms with van der Waals surface area (Å²) in [4.78, 5) is 10.2. The molecular weight excluding hydrogens is 243 g/mol. The van der Waals surface area contributed by atoms with E-state index in [9.17, 15) is 13.4 Å². The molecule has 0 bridgehead atoms. The predicted octanol–water partition coefficient (Wildman–Crippen LogP) is 1.81. The molecular formula is C9H8ClFO3S. The third kappa shape index (κ3) is 3.97. The van der Waals surface area contributed by atoms with E-state index in [2.05, 4.69) is 0 Å². The monoisotopic (exact) mass is 250 g/mol. The van der Waals surface area contributed by atoms with E-state index in [0.29, 0.717) is 5.56 Å². The van der Waals surface area contributed by atoms with Crippen LogP contribution in [0.5, 0.6) is 0 Å². The third-order valence-corrected chi connectivity index (χ3v) is 3.11. The van der Waals surface area contributed by atoms with Gasteiger partial charge in [-0.2, -0.15) is 0 Å². The molecule has 0 saturated heterocycles. The fraction of sp³-hybridized carbons (Fsp3) is 0.222. The predicted molar refractivity (Wildman–Crippen MR) is 55.8 cm³/mol. The second-order valence-electron chi connectivity index (χ2n) is 2.87. The molecule has 0 fully saturated rings. The highest BCUT2D eigenvalue weighted by Gasteiger charge is 2.08. The van der Waals surface area contributed by atoms with Crippen LogP contribution in [0.2, 0.25) is 5.02 Å². The number of carboxylic acids is 1. The minimum absolute atomic E-state index is 0.0557. The van der Waals surface area contributed by atoms with Crippen LogP contribution in [0.4, 0.5) is 4.39 Å². The molecule has 0 heterocycles. The number of hydrogen-bond donors (Lipinski definition) is 1. The number of halogens is 2. The van der Waals surface area contributed by atoms with Crippen molar-refractivity contribution in [3.8, 4) is 0 Å². The summed E-state index contributed by atoms with van der Waals surface area (Å²) >= 11 is 5.51. The number of hydrogen-bond acceptors (Lipinski definition) is 2. The molecule has 1 atom stereocenters. The maximum absolute atomic E-state index is 12.7. The molecule has 0 aliphatic carbocycles. The molecule has 0 aliphatic rings. The van der Waals surface area contributed by atoms with E-state index in [0.717, 1.165) is 6.07 Å². The first kappa shape index (κ1) is 12.1. The van der Waals surface area contributed by atoms with Crippen LogP contribution in [-0.2, 0) is 21.3 Å². The zero-order valence-electron chi connectivity index (χ0n) is 7.57. The van der Waals surface area contributed by atoms with Gasteiger partial charge in [-0.1, -0.05) is 17.7 Å². The SMILES string of the molecule is O=C(O)CS(=O)Cc1ccc(F)c(Cl)c1. The van der Waals surface area contributed by atoms with Gasteiger partial charge in [0, 0.05) is 16.6 Å². The lowest BCUT2D eigenvalue weighted by atomic mass is 10.2. The quantitative estimate of drug-likeness (QED) is 0.887. The number of carbonyl (C=O) groups is 1. The summed E-state index contributed by atoms with van der Waals surface area (Å²) in [6.07, 6.45) is 0. The number of aliphatic carboxylic acids is 1. The van der Waals surface area contributed by atoms with Gasteiger partial charge in [0.1, 0.15) is 11.6 Å². The standard InChI is InChI=1S/C9H8ClFO3S/c10-7-3-6(1-2-8(7)11)4-15(14)5-9(12)13/h1-3H,4-5H2,(H,12,13). The first-order valence-corrected chi connectivity index (χ1v) is 5.86. The lowest BCUT2D eigenvalue weighted by Crippen LogP contribution is -2.10. The summed E-state index contributed by atoms with van der Waals surface area (Å²) in [5, 5.41) is 8.33. The van der Waals surface area contributed by atoms with Crippen LogP contribution in [0.3, 0.4) is 0 Å². The van der Waals surface area contributed by atoms with Gasteiger partial charge in [-0.3, -0.25) is 9.00 Å². The summed E-state index contributed by atoms with van der Waals surface area (Å²) in [6, 6.07) is 3.94. The molecule has 0 amide bonds. The molecule has 82 valence electrons. The van der Waals surface area contributed by atoms with E-state index < -0.39 is 28.3 Å². The zero-order valence-corrected chi connectivity index (χ0v) is 9.15. The molecule has 6 heteroatoms. The Morgan fingerprint density at radius 2 is 2.20 bits per heavy atom. The Bertz CT molecular complexity index is 408. The van der Waals surface area contributed by atoms with Crippen molar-refractivity contribution in [3.05, 3.63) is 34.6 Å². The van der Waals surface area contributed by atoms with Crippen molar-refractivity contribution >= 4 is 28.4 Å². The average molecular weight is 251 g/mol. The number of benzene rings is 1. The summed E-state index contributed by atoms with van der Waals surface area (Å²) in [5.74, 6) is -2.03. The Morgan fingerprint density at radius 1 is 1.53 bits per heavy atom. The van der Waals surface area contributed by atoms with Crippen molar-refractivity contribution in [2.45, 2.75) is 5.75 Å². The fourth-order valence-corrected chi connectivity index (χ4v) is 2.14. The molecule has 1 unspecified atom stereocenters. The average Bonchev–Trinajstić information content (AvgIpc) is 2.10. The molecule has 1 aromatic carbocycles. The van der Waals surface area contributed by atoms with Gasteiger partial charge < -0.3 is 5.11 Å². The summed E-state index contributed by atoms with van der Waals surface area (Å²) in [6.45, 7) is 0. The Hall–Kier alpha value is -0.940. The Labute approximate surface area is 93.3 Å². The Morgan fingerprint density at radius 3 is 2.73 bits per heavy atom. The second-order valence-corrected chi connectivity index (χ2v) is 4.73. The van der Waals surface area contributed by atoms with Crippen LogP contribution < -0.4 is 0 Å². The van der Waals surface area contributed by atoms with Gasteiger partial charge in [-0.25, -0.2) is 4.39 Å². The molecule has 0 aliphatic heterocycles. The van der Waals surface area contributed by atoms with Crippen molar-refractivity contribution in [1.29, 1.82) is 0 Å². The molecule has 1 N–H and O–H groups in total. The summed E-state index contributed by atoms with van der Waals surface area (Å²) in [7, 11) is -1.50. The normalized spacial score (nSPS) is 12.4. The van der Waals surface area contributed by atoms with E-state index >= 15 is 0 Å².